The first-order chi connectivity index (χ1) is 8.29. The summed E-state index contributed by atoms with van der Waals surface area (Å²) in [5.74, 6) is 0.137. The molecule has 0 unspecified atom stereocenters. The summed E-state index contributed by atoms with van der Waals surface area (Å²) in [5.41, 5.74) is 0.733. The summed E-state index contributed by atoms with van der Waals surface area (Å²) in [4.78, 5) is 15.1. The molecule has 2 nitrogen and oxygen atoms in total. The Balaban J connectivity index is 2.10. The summed E-state index contributed by atoms with van der Waals surface area (Å²) in [5, 5.41) is 0. The van der Waals surface area contributed by atoms with Crippen LogP contribution < -0.4 is 0 Å². The highest BCUT2D eigenvalue weighted by Gasteiger charge is 2.17. The van der Waals surface area contributed by atoms with Gasteiger partial charge in [0.05, 0.1) is 5.56 Å². The van der Waals surface area contributed by atoms with Crippen LogP contribution in [0.5, 0.6) is 0 Å². The van der Waals surface area contributed by atoms with Crippen LogP contribution in [0.4, 0.5) is 0 Å². The van der Waals surface area contributed by atoms with Crippen LogP contribution in [0, 0.1) is 0 Å². The van der Waals surface area contributed by atoms with E-state index >= 15 is 0 Å². The third-order valence-corrected chi connectivity index (χ3v) is 3.67. The van der Waals surface area contributed by atoms with E-state index in [1.54, 1.807) is 0 Å². The number of benzene rings is 1. The zero-order valence-corrected chi connectivity index (χ0v) is 11.0. The Morgan fingerprint density at radius 2 is 1.59 bits per heavy atom. The first kappa shape index (κ1) is 12.5. The summed E-state index contributed by atoms with van der Waals surface area (Å²) in [6.45, 7) is 1.78. The monoisotopic (exact) mass is 249 g/mol. The van der Waals surface area contributed by atoms with Crippen molar-refractivity contribution in [3.05, 3.63) is 29.8 Å². The topological polar surface area (TPSA) is 20.3 Å². The van der Waals surface area contributed by atoms with Crippen LogP contribution in [0.25, 0.3) is 0 Å². The average Bonchev–Trinajstić information content (AvgIpc) is 2.28. The highest BCUT2D eigenvalue weighted by atomic mass is 32.1. The van der Waals surface area contributed by atoms with Crippen molar-refractivity contribution in [2.24, 2.45) is 0 Å². The van der Waals surface area contributed by atoms with Gasteiger partial charge in [-0.15, -0.1) is 12.6 Å². The number of rotatable bonds is 1. The van der Waals surface area contributed by atoms with Gasteiger partial charge in [-0.05, 0) is 25.0 Å². The molecule has 0 N–H and O–H groups in total. The number of amides is 1. The predicted octanol–water partition coefficient (Wildman–Crippen LogP) is 3.38. The highest BCUT2D eigenvalue weighted by Crippen LogP contribution is 2.18. The molecule has 1 heterocycles. The highest BCUT2D eigenvalue weighted by molar-refractivity contribution is 7.80. The zero-order valence-electron chi connectivity index (χ0n) is 10.1. The molecule has 1 aliphatic rings. The van der Waals surface area contributed by atoms with Crippen LogP contribution in [-0.2, 0) is 0 Å². The fourth-order valence-electron chi connectivity index (χ4n) is 2.28. The van der Waals surface area contributed by atoms with E-state index in [9.17, 15) is 4.79 Å². The SMILES string of the molecule is O=C(c1ccccc1S)N1CCCCCCC1. The number of hydrogen-bond donors (Lipinski definition) is 1. The van der Waals surface area contributed by atoms with Gasteiger partial charge in [-0.2, -0.15) is 0 Å². The number of nitrogens with zero attached hydrogens (tertiary/aromatic N) is 1. The van der Waals surface area contributed by atoms with Crippen LogP contribution in [-0.4, -0.2) is 23.9 Å². The number of likely N-dealkylation sites (tertiary alicyclic amines) is 1. The lowest BCUT2D eigenvalue weighted by Crippen LogP contribution is -2.34. The second kappa shape index (κ2) is 6.10. The average molecular weight is 249 g/mol. The van der Waals surface area contributed by atoms with Gasteiger partial charge in [0.1, 0.15) is 0 Å². The number of thiol groups is 1. The molecular formula is C14H19NOS. The lowest BCUT2D eigenvalue weighted by atomic mass is 10.1. The minimum atomic E-state index is 0.137. The van der Waals surface area contributed by atoms with E-state index in [0.717, 1.165) is 36.4 Å². The molecule has 1 aromatic rings. The minimum Gasteiger partial charge on any atom is -0.339 e. The first-order valence-corrected chi connectivity index (χ1v) is 6.81. The summed E-state index contributed by atoms with van der Waals surface area (Å²) in [7, 11) is 0. The molecule has 0 atom stereocenters. The predicted molar refractivity (Wildman–Crippen MR) is 72.7 cm³/mol. The Kier molecular flexibility index (Phi) is 4.49. The van der Waals surface area contributed by atoms with Crippen LogP contribution in [0.15, 0.2) is 29.2 Å². The lowest BCUT2D eigenvalue weighted by molar-refractivity contribution is 0.0739. The molecule has 0 radical (unpaired) electrons. The van der Waals surface area contributed by atoms with Crippen LogP contribution >= 0.6 is 12.6 Å². The Hall–Kier alpha value is -0.960. The minimum absolute atomic E-state index is 0.137. The molecule has 0 saturated carbocycles. The molecular weight excluding hydrogens is 230 g/mol. The maximum absolute atomic E-state index is 12.4. The third kappa shape index (κ3) is 3.25. The van der Waals surface area contributed by atoms with E-state index in [4.69, 9.17) is 0 Å². The van der Waals surface area contributed by atoms with Crippen LogP contribution in [0.2, 0.25) is 0 Å². The fourth-order valence-corrected chi connectivity index (χ4v) is 2.53. The third-order valence-electron chi connectivity index (χ3n) is 3.28. The van der Waals surface area contributed by atoms with Crippen molar-refractivity contribution in [2.75, 3.05) is 13.1 Å². The number of hydrogen-bond acceptors (Lipinski definition) is 2. The van der Waals surface area contributed by atoms with Gasteiger partial charge in [-0.1, -0.05) is 31.4 Å². The zero-order chi connectivity index (χ0) is 12.1. The second-order valence-corrected chi connectivity index (χ2v) is 5.06. The van der Waals surface area contributed by atoms with Crippen molar-refractivity contribution in [3.63, 3.8) is 0 Å². The van der Waals surface area contributed by atoms with Crippen molar-refractivity contribution in [1.82, 2.24) is 4.90 Å². The van der Waals surface area contributed by atoms with E-state index in [1.807, 2.05) is 29.2 Å². The van der Waals surface area contributed by atoms with Crippen molar-refractivity contribution in [2.45, 2.75) is 37.0 Å². The molecule has 2 rings (SSSR count). The molecule has 0 aromatic heterocycles. The molecule has 3 heteroatoms. The van der Waals surface area contributed by atoms with Crippen molar-refractivity contribution < 1.29 is 4.79 Å². The van der Waals surface area contributed by atoms with Gasteiger partial charge >= 0.3 is 0 Å². The number of carbonyl (C=O) groups excluding carboxylic acids is 1. The van der Waals surface area contributed by atoms with E-state index in [-0.39, 0.29) is 5.91 Å². The Bertz CT molecular complexity index is 384. The van der Waals surface area contributed by atoms with Gasteiger partial charge in [-0.25, -0.2) is 0 Å². The van der Waals surface area contributed by atoms with Crippen molar-refractivity contribution in [3.8, 4) is 0 Å². The van der Waals surface area contributed by atoms with E-state index < -0.39 is 0 Å². The normalized spacial score (nSPS) is 17.4. The molecule has 17 heavy (non-hydrogen) atoms. The molecule has 1 saturated heterocycles. The summed E-state index contributed by atoms with van der Waals surface area (Å²) >= 11 is 4.36. The lowest BCUT2D eigenvalue weighted by Gasteiger charge is -2.25. The van der Waals surface area contributed by atoms with Gasteiger partial charge in [-0.3, -0.25) is 4.79 Å². The molecule has 0 aliphatic carbocycles. The molecule has 1 aliphatic heterocycles. The molecule has 1 fully saturated rings. The van der Waals surface area contributed by atoms with Crippen LogP contribution in [0.1, 0.15) is 42.5 Å². The van der Waals surface area contributed by atoms with Gasteiger partial charge in [0.2, 0.25) is 0 Å². The van der Waals surface area contributed by atoms with E-state index in [2.05, 4.69) is 12.6 Å². The molecule has 1 aromatic carbocycles. The maximum atomic E-state index is 12.4. The largest absolute Gasteiger partial charge is 0.339 e. The van der Waals surface area contributed by atoms with Crippen LogP contribution in [0.3, 0.4) is 0 Å². The Labute approximate surface area is 108 Å². The van der Waals surface area contributed by atoms with Gasteiger partial charge in [0.25, 0.3) is 5.91 Å². The Morgan fingerprint density at radius 1 is 1.00 bits per heavy atom. The van der Waals surface area contributed by atoms with Gasteiger partial charge in [0.15, 0.2) is 0 Å². The molecule has 0 bridgehead atoms. The summed E-state index contributed by atoms with van der Waals surface area (Å²) < 4.78 is 0. The van der Waals surface area contributed by atoms with Crippen molar-refractivity contribution in [1.29, 1.82) is 0 Å². The smallest absolute Gasteiger partial charge is 0.254 e. The van der Waals surface area contributed by atoms with E-state index in [1.165, 1.54) is 19.3 Å². The van der Waals surface area contributed by atoms with Gasteiger partial charge in [0, 0.05) is 18.0 Å². The van der Waals surface area contributed by atoms with E-state index in [0.29, 0.717) is 0 Å². The van der Waals surface area contributed by atoms with Gasteiger partial charge < -0.3 is 4.90 Å². The maximum Gasteiger partial charge on any atom is 0.254 e. The molecule has 0 spiro atoms. The summed E-state index contributed by atoms with van der Waals surface area (Å²) in [6.07, 6.45) is 6.05. The fraction of sp³-hybridized carbons (Fsp3) is 0.500. The molecule has 92 valence electrons. The quantitative estimate of drug-likeness (QED) is 0.757. The first-order valence-electron chi connectivity index (χ1n) is 6.36. The second-order valence-electron chi connectivity index (χ2n) is 4.58. The molecule has 1 amide bonds. The number of carbonyl (C=O) groups is 1. The standard InChI is InChI=1S/C14H19NOS/c16-14(12-8-4-5-9-13(12)17)15-10-6-2-1-3-7-11-15/h4-5,8-9,17H,1-3,6-7,10-11H2. The Morgan fingerprint density at radius 3 is 2.24 bits per heavy atom. The summed E-state index contributed by atoms with van der Waals surface area (Å²) in [6, 6.07) is 7.55. The van der Waals surface area contributed by atoms with Crippen molar-refractivity contribution >= 4 is 18.5 Å².